The van der Waals surface area contributed by atoms with Gasteiger partial charge in [0, 0.05) is 10.7 Å². The van der Waals surface area contributed by atoms with E-state index < -0.39 is 12.0 Å². The zero-order chi connectivity index (χ0) is 24.2. The number of halogens is 2. The molecule has 1 aromatic heterocycles. The van der Waals surface area contributed by atoms with Gasteiger partial charge in [-0.2, -0.15) is 10.1 Å². The van der Waals surface area contributed by atoms with Crippen LogP contribution in [0.3, 0.4) is 0 Å². The van der Waals surface area contributed by atoms with E-state index in [2.05, 4.69) is 37.9 Å². The van der Waals surface area contributed by atoms with Crippen LogP contribution in [-0.4, -0.2) is 34.5 Å². The standard InChI is InChI=1S/C24H22BrClN4O4/c1-4-9-33-23(31)20-14(2)29-24-27-13-28-30(24)21(20)16-10-18(25)22(19(11-16)32-3)34-12-15-5-7-17(26)8-6-15/h4-8,10-11,13,21H,1,9,12H2,2-3H3,(H,27,28,29). The molecule has 1 atom stereocenters. The topological polar surface area (TPSA) is 87.5 Å². The quantitative estimate of drug-likeness (QED) is 0.304. The van der Waals surface area contributed by atoms with Crippen molar-refractivity contribution in [3.8, 4) is 11.5 Å². The minimum atomic E-state index is -0.591. The molecule has 0 saturated carbocycles. The van der Waals surface area contributed by atoms with Crippen molar-refractivity contribution in [2.24, 2.45) is 0 Å². The fourth-order valence-corrected chi connectivity index (χ4v) is 4.35. The van der Waals surface area contributed by atoms with Crippen LogP contribution in [0.5, 0.6) is 11.5 Å². The largest absolute Gasteiger partial charge is 0.493 e. The van der Waals surface area contributed by atoms with Crippen molar-refractivity contribution >= 4 is 39.4 Å². The molecule has 34 heavy (non-hydrogen) atoms. The van der Waals surface area contributed by atoms with Crippen molar-refractivity contribution in [1.29, 1.82) is 0 Å². The zero-order valence-electron chi connectivity index (χ0n) is 18.5. The van der Waals surface area contributed by atoms with Gasteiger partial charge in [0.2, 0.25) is 5.95 Å². The number of carbonyl (C=O) groups excluding carboxylic acids is 1. The second-order valence-electron chi connectivity index (χ2n) is 7.43. The first kappa shape index (κ1) is 23.8. The van der Waals surface area contributed by atoms with Gasteiger partial charge in [-0.3, -0.25) is 0 Å². The lowest BCUT2D eigenvalue weighted by atomic mass is 9.95. The number of allylic oxidation sites excluding steroid dienone is 1. The van der Waals surface area contributed by atoms with Crippen LogP contribution in [-0.2, 0) is 16.1 Å². The van der Waals surface area contributed by atoms with E-state index in [0.717, 1.165) is 11.1 Å². The minimum absolute atomic E-state index is 0.0943. The third-order valence-corrected chi connectivity index (χ3v) is 6.05. The summed E-state index contributed by atoms with van der Waals surface area (Å²) in [6.07, 6.45) is 2.95. The minimum Gasteiger partial charge on any atom is -0.493 e. The molecule has 2 aromatic carbocycles. The highest BCUT2D eigenvalue weighted by Gasteiger charge is 2.35. The number of nitrogens with zero attached hydrogens (tertiary/aromatic N) is 3. The number of carbonyl (C=O) groups is 1. The van der Waals surface area contributed by atoms with E-state index in [1.807, 2.05) is 36.4 Å². The van der Waals surface area contributed by atoms with Crippen LogP contribution in [0.4, 0.5) is 5.95 Å². The number of ether oxygens (including phenoxy) is 3. The molecule has 10 heteroatoms. The first-order valence-electron chi connectivity index (χ1n) is 10.3. The molecule has 0 spiro atoms. The van der Waals surface area contributed by atoms with Crippen LogP contribution in [0, 0.1) is 0 Å². The lowest BCUT2D eigenvalue weighted by molar-refractivity contribution is -0.138. The van der Waals surface area contributed by atoms with Gasteiger partial charge in [-0.25, -0.2) is 9.48 Å². The maximum absolute atomic E-state index is 13.0. The second-order valence-corrected chi connectivity index (χ2v) is 8.72. The Labute approximate surface area is 210 Å². The van der Waals surface area contributed by atoms with Crippen LogP contribution >= 0.6 is 27.5 Å². The molecule has 1 aliphatic heterocycles. The maximum atomic E-state index is 13.0. The number of rotatable bonds is 8. The number of nitrogens with one attached hydrogen (secondary N) is 1. The van der Waals surface area contributed by atoms with Gasteiger partial charge in [-0.1, -0.05) is 36.4 Å². The molecule has 0 radical (unpaired) electrons. The predicted molar refractivity (Wildman–Crippen MR) is 132 cm³/mol. The Kier molecular flexibility index (Phi) is 7.23. The summed E-state index contributed by atoms with van der Waals surface area (Å²) in [4.78, 5) is 17.2. The number of benzene rings is 2. The highest BCUT2D eigenvalue weighted by atomic mass is 79.9. The summed E-state index contributed by atoms with van der Waals surface area (Å²) in [7, 11) is 1.56. The average molecular weight is 546 g/mol. The van der Waals surface area contributed by atoms with E-state index >= 15 is 0 Å². The first-order chi connectivity index (χ1) is 16.4. The van der Waals surface area contributed by atoms with Gasteiger partial charge in [0.15, 0.2) is 11.5 Å². The summed E-state index contributed by atoms with van der Waals surface area (Å²) in [5.74, 6) is 1.07. The Morgan fingerprint density at radius 2 is 2.09 bits per heavy atom. The molecule has 2 heterocycles. The fourth-order valence-electron chi connectivity index (χ4n) is 3.65. The van der Waals surface area contributed by atoms with E-state index in [4.69, 9.17) is 25.8 Å². The molecule has 0 aliphatic carbocycles. The molecule has 3 aromatic rings. The summed E-state index contributed by atoms with van der Waals surface area (Å²) in [5, 5.41) is 8.10. The Balaban J connectivity index is 1.72. The van der Waals surface area contributed by atoms with Crippen LogP contribution in [0.1, 0.15) is 24.1 Å². The third kappa shape index (κ3) is 4.80. The second kappa shape index (κ2) is 10.3. The summed E-state index contributed by atoms with van der Waals surface area (Å²) in [5.41, 5.74) is 2.72. The zero-order valence-corrected chi connectivity index (χ0v) is 20.9. The van der Waals surface area contributed by atoms with Gasteiger partial charge in [0.1, 0.15) is 25.6 Å². The van der Waals surface area contributed by atoms with E-state index in [-0.39, 0.29) is 6.61 Å². The molecule has 8 nitrogen and oxygen atoms in total. The van der Waals surface area contributed by atoms with E-state index in [1.54, 1.807) is 18.7 Å². The number of esters is 1. The molecule has 176 valence electrons. The highest BCUT2D eigenvalue weighted by molar-refractivity contribution is 9.10. The van der Waals surface area contributed by atoms with Crippen LogP contribution in [0.2, 0.25) is 5.02 Å². The Bertz CT molecular complexity index is 1260. The molecule has 0 saturated heterocycles. The van der Waals surface area contributed by atoms with E-state index in [9.17, 15) is 4.79 Å². The van der Waals surface area contributed by atoms with Gasteiger partial charge < -0.3 is 19.5 Å². The first-order valence-corrected chi connectivity index (χ1v) is 11.5. The van der Waals surface area contributed by atoms with E-state index in [0.29, 0.717) is 44.8 Å². The van der Waals surface area contributed by atoms with Gasteiger partial charge in [-0.15, -0.1) is 0 Å². The van der Waals surface area contributed by atoms with Crippen molar-refractivity contribution < 1.29 is 19.0 Å². The number of anilines is 1. The fraction of sp³-hybridized carbons (Fsp3) is 0.208. The van der Waals surface area contributed by atoms with E-state index in [1.165, 1.54) is 12.4 Å². The van der Waals surface area contributed by atoms with Crippen LogP contribution in [0.15, 0.2) is 71.1 Å². The monoisotopic (exact) mass is 544 g/mol. The Hall–Kier alpha value is -3.30. The lowest BCUT2D eigenvalue weighted by Crippen LogP contribution is -2.29. The third-order valence-electron chi connectivity index (χ3n) is 5.21. The Morgan fingerprint density at radius 1 is 1.32 bits per heavy atom. The molecule has 0 bridgehead atoms. The summed E-state index contributed by atoms with van der Waals surface area (Å²) < 4.78 is 19.3. The molecule has 0 amide bonds. The molecule has 4 rings (SSSR count). The lowest BCUT2D eigenvalue weighted by Gasteiger charge is -2.28. The maximum Gasteiger partial charge on any atom is 0.338 e. The molecular formula is C24H22BrClN4O4. The van der Waals surface area contributed by atoms with Crippen LogP contribution in [0.25, 0.3) is 0 Å². The van der Waals surface area contributed by atoms with Gasteiger partial charge in [0.05, 0.1) is 17.2 Å². The summed E-state index contributed by atoms with van der Waals surface area (Å²) in [6.45, 7) is 5.82. The molecule has 1 N–H and O–H groups in total. The van der Waals surface area contributed by atoms with Gasteiger partial charge >= 0.3 is 5.97 Å². The van der Waals surface area contributed by atoms with Crippen molar-refractivity contribution in [1.82, 2.24) is 14.8 Å². The van der Waals surface area contributed by atoms with Crippen molar-refractivity contribution in [3.63, 3.8) is 0 Å². The Morgan fingerprint density at radius 3 is 2.79 bits per heavy atom. The summed E-state index contributed by atoms with van der Waals surface area (Å²) in [6, 6.07) is 10.5. The van der Waals surface area contributed by atoms with Crippen LogP contribution < -0.4 is 14.8 Å². The van der Waals surface area contributed by atoms with Gasteiger partial charge in [0.25, 0.3) is 0 Å². The summed E-state index contributed by atoms with van der Waals surface area (Å²) >= 11 is 9.57. The number of aromatic nitrogens is 3. The van der Waals surface area contributed by atoms with Gasteiger partial charge in [-0.05, 0) is 58.2 Å². The number of hydrogen-bond donors (Lipinski definition) is 1. The number of methoxy groups -OCH3 is 1. The molecule has 0 fully saturated rings. The normalized spacial score (nSPS) is 14.8. The number of fused-ring (bicyclic) bond motifs is 1. The predicted octanol–water partition coefficient (Wildman–Crippen LogP) is 5.30. The molecule has 1 aliphatic rings. The molecule has 1 unspecified atom stereocenters. The van der Waals surface area contributed by atoms with Crippen molar-refractivity contribution in [2.45, 2.75) is 19.6 Å². The molecular weight excluding hydrogens is 524 g/mol. The van der Waals surface area contributed by atoms with Crippen molar-refractivity contribution in [3.05, 3.63) is 87.3 Å². The highest BCUT2D eigenvalue weighted by Crippen LogP contribution is 2.43. The van der Waals surface area contributed by atoms with Crippen molar-refractivity contribution in [2.75, 3.05) is 19.0 Å². The SMILES string of the molecule is C=CCOC(=O)C1=C(C)Nc2ncnn2C1c1cc(Br)c(OCc2ccc(Cl)cc2)c(OC)c1. The average Bonchev–Trinajstić information content (AvgIpc) is 3.29. The smallest absolute Gasteiger partial charge is 0.338 e. The number of hydrogen-bond acceptors (Lipinski definition) is 7.